The number of benzene rings is 1. The van der Waals surface area contributed by atoms with Crippen molar-refractivity contribution in [2.24, 2.45) is 5.41 Å². The van der Waals surface area contributed by atoms with E-state index >= 15 is 0 Å². The number of halogens is 1. The Hall–Kier alpha value is -2.50. The number of amides is 2. The van der Waals surface area contributed by atoms with Gasteiger partial charge in [-0.3, -0.25) is 9.59 Å². The van der Waals surface area contributed by atoms with Gasteiger partial charge >= 0.3 is 0 Å². The Morgan fingerprint density at radius 2 is 2.04 bits per heavy atom. The number of carbonyl (C=O) groups is 2. The van der Waals surface area contributed by atoms with Gasteiger partial charge in [0.05, 0.1) is 23.8 Å². The molecule has 152 valence electrons. The Balaban J connectivity index is 1.95. The third-order valence-electron chi connectivity index (χ3n) is 4.44. The molecule has 1 heterocycles. The quantitative estimate of drug-likeness (QED) is 0.801. The molecule has 1 saturated heterocycles. The lowest BCUT2D eigenvalue weighted by atomic mass is 9.85. The fourth-order valence-corrected chi connectivity index (χ4v) is 2.79. The summed E-state index contributed by atoms with van der Waals surface area (Å²) in [6.07, 6.45) is -0.705. The lowest BCUT2D eigenvalue weighted by Crippen LogP contribution is -2.57. The average Bonchev–Trinajstić information content (AvgIpc) is 2.62. The van der Waals surface area contributed by atoms with Gasteiger partial charge in [0.15, 0.2) is 5.79 Å². The summed E-state index contributed by atoms with van der Waals surface area (Å²) in [7, 11) is 0. The molecule has 2 amide bonds. The summed E-state index contributed by atoms with van der Waals surface area (Å²) in [6.45, 7) is 9.44. The highest BCUT2D eigenvalue weighted by Crippen LogP contribution is 2.34. The first kappa shape index (κ1) is 21.8. The highest BCUT2D eigenvalue weighted by atomic mass is 19.1. The van der Waals surface area contributed by atoms with Crippen LogP contribution in [0.4, 0.5) is 4.39 Å². The van der Waals surface area contributed by atoms with E-state index in [1.165, 1.54) is 12.1 Å². The minimum absolute atomic E-state index is 0.140. The highest BCUT2D eigenvalue weighted by Gasteiger charge is 2.45. The van der Waals surface area contributed by atoms with Crippen molar-refractivity contribution in [1.29, 1.82) is 5.26 Å². The zero-order valence-corrected chi connectivity index (χ0v) is 16.8. The molecule has 28 heavy (non-hydrogen) atoms. The number of nitrogens with one attached hydrogen (secondary N) is 2. The van der Waals surface area contributed by atoms with Gasteiger partial charge < -0.3 is 20.1 Å². The maximum atomic E-state index is 13.9. The lowest BCUT2D eigenvalue weighted by molar-refractivity contribution is -0.304. The van der Waals surface area contributed by atoms with Crippen molar-refractivity contribution in [3.05, 3.63) is 35.1 Å². The molecule has 0 bridgehead atoms. The van der Waals surface area contributed by atoms with Crippen LogP contribution in [0.3, 0.4) is 0 Å². The van der Waals surface area contributed by atoms with Crippen LogP contribution >= 0.6 is 0 Å². The van der Waals surface area contributed by atoms with E-state index in [1.54, 1.807) is 20.8 Å². The smallest absolute Gasteiger partial charge is 0.254 e. The van der Waals surface area contributed by atoms with Gasteiger partial charge in [0.25, 0.3) is 5.91 Å². The predicted molar refractivity (Wildman–Crippen MR) is 99.7 cm³/mol. The molecule has 8 heteroatoms. The van der Waals surface area contributed by atoms with Crippen LogP contribution in [0.15, 0.2) is 18.2 Å². The monoisotopic (exact) mass is 391 g/mol. The summed E-state index contributed by atoms with van der Waals surface area (Å²) < 4.78 is 25.2. The van der Waals surface area contributed by atoms with Crippen LogP contribution in [0.2, 0.25) is 0 Å². The summed E-state index contributed by atoms with van der Waals surface area (Å²) in [4.78, 5) is 24.9. The maximum absolute atomic E-state index is 13.9. The molecule has 7 nitrogen and oxygen atoms in total. The van der Waals surface area contributed by atoms with Crippen molar-refractivity contribution < 1.29 is 23.5 Å². The van der Waals surface area contributed by atoms with Gasteiger partial charge in [-0.05, 0) is 39.0 Å². The van der Waals surface area contributed by atoms with Gasteiger partial charge in [-0.1, -0.05) is 13.8 Å². The molecule has 1 aromatic carbocycles. The molecule has 1 aliphatic rings. The second-order valence-electron chi connectivity index (χ2n) is 8.10. The number of nitriles is 1. The zero-order chi connectivity index (χ0) is 21.1. The molecular weight excluding hydrogens is 365 g/mol. The molecule has 1 aliphatic heterocycles. The van der Waals surface area contributed by atoms with E-state index in [4.69, 9.17) is 14.7 Å². The number of carbonyl (C=O) groups excluding carboxylic acids is 2. The number of nitrogens with zero attached hydrogens (tertiary/aromatic N) is 1. The van der Waals surface area contributed by atoms with E-state index in [1.807, 2.05) is 19.9 Å². The van der Waals surface area contributed by atoms with Gasteiger partial charge in [0.2, 0.25) is 5.91 Å². The first-order valence-electron chi connectivity index (χ1n) is 9.05. The minimum Gasteiger partial charge on any atom is -0.352 e. The molecule has 0 spiro atoms. The van der Waals surface area contributed by atoms with E-state index in [9.17, 15) is 14.0 Å². The van der Waals surface area contributed by atoms with Gasteiger partial charge in [-0.15, -0.1) is 0 Å². The van der Waals surface area contributed by atoms with Gasteiger partial charge in [0, 0.05) is 18.0 Å². The first-order chi connectivity index (χ1) is 12.9. The average molecular weight is 391 g/mol. The fourth-order valence-electron chi connectivity index (χ4n) is 2.79. The number of ether oxygens (including phenoxy) is 2. The van der Waals surface area contributed by atoms with Crippen LogP contribution in [0.1, 0.15) is 50.5 Å². The molecule has 0 aromatic heterocycles. The molecule has 2 atom stereocenters. The summed E-state index contributed by atoms with van der Waals surface area (Å²) in [6, 6.07) is 4.97. The maximum Gasteiger partial charge on any atom is 0.254 e. The Kier molecular flexibility index (Phi) is 6.42. The third kappa shape index (κ3) is 5.27. The van der Waals surface area contributed by atoms with Crippen molar-refractivity contribution in [2.75, 3.05) is 13.2 Å². The van der Waals surface area contributed by atoms with Crippen LogP contribution in [0.5, 0.6) is 0 Å². The summed E-state index contributed by atoms with van der Waals surface area (Å²) in [5.41, 5.74) is -0.533. The Labute approximate surface area is 164 Å². The van der Waals surface area contributed by atoms with Crippen molar-refractivity contribution >= 4 is 11.8 Å². The Bertz CT molecular complexity index is 801. The molecule has 0 radical (unpaired) electrons. The van der Waals surface area contributed by atoms with Crippen molar-refractivity contribution in [1.82, 2.24) is 10.6 Å². The van der Waals surface area contributed by atoms with Gasteiger partial charge in [-0.2, -0.15) is 5.26 Å². The van der Waals surface area contributed by atoms with E-state index in [0.717, 1.165) is 6.07 Å². The summed E-state index contributed by atoms with van der Waals surface area (Å²) in [5, 5.41) is 14.3. The van der Waals surface area contributed by atoms with Crippen LogP contribution < -0.4 is 10.6 Å². The molecule has 2 rings (SSSR count). The predicted octanol–water partition coefficient (Wildman–Crippen LogP) is 2.11. The van der Waals surface area contributed by atoms with E-state index in [2.05, 4.69) is 10.6 Å². The molecular formula is C20H26FN3O4. The van der Waals surface area contributed by atoms with E-state index in [-0.39, 0.29) is 23.6 Å². The zero-order valence-electron chi connectivity index (χ0n) is 16.8. The van der Waals surface area contributed by atoms with E-state index < -0.39 is 35.1 Å². The number of hydrogen-bond donors (Lipinski definition) is 2. The molecule has 0 unspecified atom stereocenters. The Morgan fingerprint density at radius 3 is 2.68 bits per heavy atom. The fraction of sp³-hybridized carbons (Fsp3) is 0.550. The largest absolute Gasteiger partial charge is 0.352 e. The van der Waals surface area contributed by atoms with Crippen LogP contribution in [0, 0.1) is 22.6 Å². The van der Waals surface area contributed by atoms with Crippen molar-refractivity contribution in [2.45, 2.75) is 52.6 Å². The van der Waals surface area contributed by atoms with Gasteiger partial charge in [0.1, 0.15) is 11.9 Å². The molecule has 0 aliphatic carbocycles. The standard InChI is InChI=1S/C20H26FN3O4/c1-12(24-17(25)14-8-13(9-22)6-7-15(14)21)10-23-18(26)16-19(2,3)11-27-20(4,5)28-16/h6-8,12,16H,10-11H2,1-5H3,(H,23,26)(H,24,25)/t12-,16-/m0/s1. The van der Waals surface area contributed by atoms with Gasteiger partial charge in [-0.25, -0.2) is 4.39 Å². The van der Waals surface area contributed by atoms with Crippen molar-refractivity contribution in [3.63, 3.8) is 0 Å². The second kappa shape index (κ2) is 8.25. The topological polar surface area (TPSA) is 100 Å². The highest BCUT2D eigenvalue weighted by molar-refractivity contribution is 5.95. The van der Waals surface area contributed by atoms with Crippen LogP contribution in [-0.2, 0) is 14.3 Å². The molecule has 1 aromatic rings. The number of hydrogen-bond acceptors (Lipinski definition) is 5. The molecule has 2 N–H and O–H groups in total. The summed E-state index contributed by atoms with van der Waals surface area (Å²) in [5.74, 6) is -2.53. The Morgan fingerprint density at radius 1 is 1.36 bits per heavy atom. The normalized spacial score (nSPS) is 21.2. The SMILES string of the molecule is C[C@@H](CNC(=O)[C@@H]1OC(C)(C)OCC1(C)C)NC(=O)c1cc(C#N)ccc1F. The minimum atomic E-state index is -0.860. The second-order valence-corrected chi connectivity index (χ2v) is 8.10. The summed E-state index contributed by atoms with van der Waals surface area (Å²) >= 11 is 0. The van der Waals surface area contributed by atoms with Crippen LogP contribution in [0.25, 0.3) is 0 Å². The molecule has 0 saturated carbocycles. The first-order valence-corrected chi connectivity index (χ1v) is 9.05. The number of rotatable bonds is 5. The van der Waals surface area contributed by atoms with Crippen molar-refractivity contribution in [3.8, 4) is 6.07 Å². The lowest BCUT2D eigenvalue weighted by Gasteiger charge is -2.44. The van der Waals surface area contributed by atoms with E-state index in [0.29, 0.717) is 6.61 Å². The van der Waals surface area contributed by atoms with Crippen LogP contribution in [-0.4, -0.2) is 42.9 Å². The molecule has 1 fully saturated rings. The third-order valence-corrected chi connectivity index (χ3v) is 4.44.